The minimum atomic E-state index is -0.600. The normalized spacial score (nSPS) is 10.0. The number of hydrogen-bond acceptors (Lipinski definition) is 3. The summed E-state index contributed by atoms with van der Waals surface area (Å²) >= 11 is 0. The van der Waals surface area contributed by atoms with Crippen LogP contribution >= 0.6 is 0 Å². The standard InChI is InChI=1S/C16H14FNO3/c1-10(19)11-3-6-13(7-4-11)18-16(20)12-5-8-15(21-2)14(17)9-12/h3-9H,1-2H3,(H,18,20). The molecule has 0 bridgehead atoms. The second-order valence-electron chi connectivity index (χ2n) is 4.44. The topological polar surface area (TPSA) is 55.4 Å². The third-order valence-electron chi connectivity index (χ3n) is 2.96. The second-order valence-corrected chi connectivity index (χ2v) is 4.44. The van der Waals surface area contributed by atoms with Gasteiger partial charge in [0.05, 0.1) is 7.11 Å². The zero-order valence-electron chi connectivity index (χ0n) is 11.6. The average Bonchev–Trinajstić information content (AvgIpc) is 2.47. The minimum absolute atomic E-state index is 0.0508. The van der Waals surface area contributed by atoms with Crippen LogP contribution in [0.3, 0.4) is 0 Å². The van der Waals surface area contributed by atoms with Crippen LogP contribution in [0.4, 0.5) is 10.1 Å². The molecule has 0 fully saturated rings. The lowest BCUT2D eigenvalue weighted by atomic mass is 10.1. The van der Waals surface area contributed by atoms with E-state index in [9.17, 15) is 14.0 Å². The molecule has 5 heteroatoms. The van der Waals surface area contributed by atoms with Crippen molar-refractivity contribution in [2.75, 3.05) is 12.4 Å². The van der Waals surface area contributed by atoms with Crippen LogP contribution in [0.1, 0.15) is 27.6 Å². The Labute approximate surface area is 121 Å². The number of carbonyl (C=O) groups excluding carboxylic acids is 2. The van der Waals surface area contributed by atoms with Crippen molar-refractivity contribution in [3.63, 3.8) is 0 Å². The Hall–Kier alpha value is -2.69. The van der Waals surface area contributed by atoms with E-state index in [1.807, 2.05) is 0 Å². The predicted octanol–water partition coefficient (Wildman–Crippen LogP) is 3.29. The molecule has 21 heavy (non-hydrogen) atoms. The Bertz CT molecular complexity index is 680. The van der Waals surface area contributed by atoms with E-state index in [4.69, 9.17) is 4.74 Å². The second kappa shape index (κ2) is 6.17. The van der Waals surface area contributed by atoms with Crippen LogP contribution in [0.25, 0.3) is 0 Å². The molecule has 0 heterocycles. The van der Waals surface area contributed by atoms with E-state index in [0.717, 1.165) is 6.07 Å². The summed E-state index contributed by atoms with van der Waals surface area (Å²) in [4.78, 5) is 23.2. The summed E-state index contributed by atoms with van der Waals surface area (Å²) in [5.41, 5.74) is 1.27. The summed E-state index contributed by atoms with van der Waals surface area (Å²) in [6, 6.07) is 10.4. The lowest BCUT2D eigenvalue weighted by Gasteiger charge is -2.07. The number of hydrogen-bond donors (Lipinski definition) is 1. The summed E-state index contributed by atoms with van der Waals surface area (Å²) in [7, 11) is 1.36. The van der Waals surface area contributed by atoms with Crippen LogP contribution < -0.4 is 10.1 Å². The fourth-order valence-corrected chi connectivity index (χ4v) is 1.80. The van der Waals surface area contributed by atoms with Gasteiger partial charge in [-0.15, -0.1) is 0 Å². The molecule has 1 N–H and O–H groups in total. The molecule has 0 aliphatic carbocycles. The van der Waals surface area contributed by atoms with Gasteiger partial charge in [0.1, 0.15) is 0 Å². The third kappa shape index (κ3) is 3.45. The molecule has 0 unspecified atom stereocenters. The summed E-state index contributed by atoms with van der Waals surface area (Å²) in [5, 5.41) is 2.63. The number of rotatable bonds is 4. The third-order valence-corrected chi connectivity index (χ3v) is 2.96. The van der Waals surface area contributed by atoms with E-state index in [2.05, 4.69) is 5.32 Å². The first-order valence-corrected chi connectivity index (χ1v) is 6.27. The lowest BCUT2D eigenvalue weighted by molar-refractivity contribution is 0.101. The van der Waals surface area contributed by atoms with E-state index < -0.39 is 11.7 Å². The molecule has 0 aliphatic rings. The van der Waals surface area contributed by atoms with Gasteiger partial charge in [-0.05, 0) is 49.4 Å². The zero-order valence-corrected chi connectivity index (χ0v) is 11.6. The molecule has 0 aliphatic heterocycles. The maximum Gasteiger partial charge on any atom is 0.255 e. The van der Waals surface area contributed by atoms with Crippen molar-refractivity contribution in [1.29, 1.82) is 0 Å². The van der Waals surface area contributed by atoms with Crippen molar-refractivity contribution in [1.82, 2.24) is 0 Å². The maximum absolute atomic E-state index is 13.5. The molecule has 0 spiro atoms. The Kier molecular flexibility index (Phi) is 4.33. The Balaban J connectivity index is 2.14. The number of nitrogens with one attached hydrogen (secondary N) is 1. The highest BCUT2D eigenvalue weighted by atomic mass is 19.1. The Morgan fingerprint density at radius 3 is 2.19 bits per heavy atom. The summed E-state index contributed by atoms with van der Waals surface area (Å²) in [6.45, 7) is 1.47. The van der Waals surface area contributed by atoms with Gasteiger partial charge in [-0.3, -0.25) is 9.59 Å². The van der Waals surface area contributed by atoms with Crippen molar-refractivity contribution in [2.45, 2.75) is 6.92 Å². The van der Waals surface area contributed by atoms with E-state index in [1.54, 1.807) is 24.3 Å². The van der Waals surface area contributed by atoms with Gasteiger partial charge in [0.2, 0.25) is 0 Å². The highest BCUT2D eigenvalue weighted by molar-refractivity contribution is 6.04. The number of ether oxygens (including phenoxy) is 1. The molecule has 1 amide bonds. The highest BCUT2D eigenvalue weighted by Crippen LogP contribution is 2.19. The minimum Gasteiger partial charge on any atom is -0.494 e. The van der Waals surface area contributed by atoms with Crippen LogP contribution in [0, 0.1) is 5.82 Å². The molecule has 0 aromatic heterocycles. The van der Waals surface area contributed by atoms with Gasteiger partial charge in [-0.2, -0.15) is 0 Å². The number of benzene rings is 2. The van der Waals surface area contributed by atoms with E-state index >= 15 is 0 Å². The molecule has 108 valence electrons. The van der Waals surface area contributed by atoms with Gasteiger partial charge in [0.25, 0.3) is 5.91 Å². The van der Waals surface area contributed by atoms with Gasteiger partial charge in [-0.1, -0.05) is 0 Å². The van der Waals surface area contributed by atoms with E-state index in [1.165, 1.54) is 26.2 Å². The molecule has 0 saturated carbocycles. The summed E-state index contributed by atoms with van der Waals surface area (Å²) in [6.07, 6.45) is 0. The zero-order chi connectivity index (χ0) is 15.4. The highest BCUT2D eigenvalue weighted by Gasteiger charge is 2.10. The molecule has 2 rings (SSSR count). The first kappa shape index (κ1) is 14.7. The van der Waals surface area contributed by atoms with Crippen LogP contribution in [-0.2, 0) is 0 Å². The quantitative estimate of drug-likeness (QED) is 0.878. The molecule has 0 atom stereocenters. The number of methoxy groups -OCH3 is 1. The molecule has 0 radical (unpaired) electrons. The van der Waals surface area contributed by atoms with Gasteiger partial charge in [0.15, 0.2) is 17.3 Å². The average molecular weight is 287 g/mol. The van der Waals surface area contributed by atoms with Gasteiger partial charge >= 0.3 is 0 Å². The fourth-order valence-electron chi connectivity index (χ4n) is 1.80. The number of carbonyl (C=O) groups is 2. The monoisotopic (exact) mass is 287 g/mol. The molecule has 4 nitrogen and oxygen atoms in total. The van der Waals surface area contributed by atoms with E-state index in [0.29, 0.717) is 11.3 Å². The smallest absolute Gasteiger partial charge is 0.255 e. The van der Waals surface area contributed by atoms with Crippen molar-refractivity contribution in [3.05, 3.63) is 59.4 Å². The van der Waals surface area contributed by atoms with Crippen molar-refractivity contribution in [2.24, 2.45) is 0 Å². The molecular weight excluding hydrogens is 273 g/mol. The SMILES string of the molecule is COc1ccc(C(=O)Nc2ccc(C(C)=O)cc2)cc1F. The molecule has 2 aromatic rings. The van der Waals surface area contributed by atoms with Crippen LogP contribution in [0.5, 0.6) is 5.75 Å². The van der Waals surface area contributed by atoms with Gasteiger partial charge < -0.3 is 10.1 Å². The van der Waals surface area contributed by atoms with Crippen molar-refractivity contribution < 1.29 is 18.7 Å². The number of amides is 1. The Morgan fingerprint density at radius 2 is 1.67 bits per heavy atom. The number of ketones is 1. The largest absolute Gasteiger partial charge is 0.494 e. The fraction of sp³-hybridized carbons (Fsp3) is 0.125. The van der Waals surface area contributed by atoms with Crippen LogP contribution in [-0.4, -0.2) is 18.8 Å². The van der Waals surface area contributed by atoms with Crippen molar-refractivity contribution in [3.8, 4) is 5.75 Å². The van der Waals surface area contributed by atoms with E-state index in [-0.39, 0.29) is 17.1 Å². The molecule has 2 aromatic carbocycles. The number of anilines is 1. The first-order valence-electron chi connectivity index (χ1n) is 6.27. The number of halogens is 1. The molecule has 0 saturated heterocycles. The summed E-state index contributed by atoms with van der Waals surface area (Å²) < 4.78 is 18.3. The summed E-state index contributed by atoms with van der Waals surface area (Å²) in [5.74, 6) is -1.01. The van der Waals surface area contributed by atoms with Gasteiger partial charge in [-0.25, -0.2) is 4.39 Å². The predicted molar refractivity (Wildman–Crippen MR) is 77.4 cm³/mol. The number of Topliss-reactive ketones (excluding diaryl/α,β-unsaturated/α-hetero) is 1. The van der Waals surface area contributed by atoms with Crippen LogP contribution in [0.2, 0.25) is 0 Å². The lowest BCUT2D eigenvalue weighted by Crippen LogP contribution is -2.12. The van der Waals surface area contributed by atoms with Crippen LogP contribution in [0.15, 0.2) is 42.5 Å². The Morgan fingerprint density at radius 1 is 1.05 bits per heavy atom. The van der Waals surface area contributed by atoms with Gasteiger partial charge in [0, 0.05) is 16.8 Å². The maximum atomic E-state index is 13.5. The van der Waals surface area contributed by atoms with Crippen molar-refractivity contribution >= 4 is 17.4 Å². The first-order chi connectivity index (χ1) is 10.0. The molecular formula is C16H14FNO3.